The van der Waals surface area contributed by atoms with Gasteiger partial charge in [0.15, 0.2) is 0 Å². The van der Waals surface area contributed by atoms with Gasteiger partial charge in [0.25, 0.3) is 5.91 Å². The van der Waals surface area contributed by atoms with E-state index >= 15 is 0 Å². The Morgan fingerprint density at radius 2 is 2.15 bits per heavy atom. The number of amides is 2. The molecular formula is C19H23N5O2. The molecule has 0 spiro atoms. The third kappa shape index (κ3) is 5.05. The van der Waals surface area contributed by atoms with E-state index in [1.54, 1.807) is 29.1 Å². The molecule has 0 saturated carbocycles. The van der Waals surface area contributed by atoms with Crippen LogP contribution in [-0.4, -0.2) is 29.6 Å². The quantitative estimate of drug-likeness (QED) is 0.843. The predicted octanol–water partition coefficient (Wildman–Crippen LogP) is 2.84. The molecule has 0 aromatic heterocycles. The minimum atomic E-state index is -0.253. The molecular weight excluding hydrogens is 330 g/mol. The van der Waals surface area contributed by atoms with Gasteiger partial charge >= 0.3 is 0 Å². The molecule has 1 aromatic carbocycles. The Labute approximate surface area is 153 Å². The van der Waals surface area contributed by atoms with Crippen molar-refractivity contribution in [2.24, 2.45) is 5.10 Å². The summed E-state index contributed by atoms with van der Waals surface area (Å²) in [6.45, 7) is 11.0. The lowest BCUT2D eigenvalue weighted by atomic mass is 10.1. The number of nitrogens with zero attached hydrogens (tertiary/aromatic N) is 4. The summed E-state index contributed by atoms with van der Waals surface area (Å²) < 4.78 is 0. The van der Waals surface area contributed by atoms with E-state index < -0.39 is 0 Å². The van der Waals surface area contributed by atoms with Crippen molar-refractivity contribution in [3.8, 4) is 6.07 Å². The molecule has 7 heteroatoms. The number of rotatable bonds is 4. The number of anilines is 1. The fourth-order valence-electron chi connectivity index (χ4n) is 2.44. The maximum Gasteiger partial charge on any atom is 0.251 e. The molecule has 1 heterocycles. The van der Waals surface area contributed by atoms with Gasteiger partial charge in [0, 0.05) is 43.9 Å². The molecule has 26 heavy (non-hydrogen) atoms. The van der Waals surface area contributed by atoms with Crippen molar-refractivity contribution < 1.29 is 9.59 Å². The topological polar surface area (TPSA) is 88.8 Å². The van der Waals surface area contributed by atoms with E-state index in [1.165, 1.54) is 19.9 Å². The van der Waals surface area contributed by atoms with Crippen molar-refractivity contribution in [1.29, 1.82) is 5.26 Å². The minimum Gasteiger partial charge on any atom is -0.313 e. The van der Waals surface area contributed by atoms with Gasteiger partial charge in [0.2, 0.25) is 5.91 Å². The second-order valence-electron chi connectivity index (χ2n) is 5.19. The van der Waals surface area contributed by atoms with Crippen LogP contribution in [0.5, 0.6) is 0 Å². The second kappa shape index (κ2) is 9.79. The van der Waals surface area contributed by atoms with Crippen LogP contribution in [0.2, 0.25) is 0 Å². The van der Waals surface area contributed by atoms with E-state index in [0.717, 1.165) is 11.3 Å². The van der Waals surface area contributed by atoms with Crippen LogP contribution in [0.25, 0.3) is 5.70 Å². The average Bonchev–Trinajstić information content (AvgIpc) is 2.58. The Balaban J connectivity index is 0.00000105. The van der Waals surface area contributed by atoms with Crippen LogP contribution in [0.1, 0.15) is 33.3 Å². The van der Waals surface area contributed by atoms with Gasteiger partial charge in [-0.1, -0.05) is 18.7 Å². The molecule has 2 rings (SSSR count). The molecule has 0 atom stereocenters. The highest BCUT2D eigenvalue weighted by molar-refractivity contribution is 5.99. The largest absolute Gasteiger partial charge is 0.313 e. The molecule has 0 bridgehead atoms. The third-order valence-electron chi connectivity index (χ3n) is 3.40. The van der Waals surface area contributed by atoms with Crippen molar-refractivity contribution in [3.63, 3.8) is 0 Å². The van der Waals surface area contributed by atoms with E-state index in [-0.39, 0.29) is 11.8 Å². The van der Waals surface area contributed by atoms with E-state index in [4.69, 9.17) is 5.26 Å². The maximum absolute atomic E-state index is 11.8. The molecule has 1 aliphatic heterocycles. The molecule has 0 saturated heterocycles. The lowest BCUT2D eigenvalue weighted by molar-refractivity contribution is -0.117. The van der Waals surface area contributed by atoms with Crippen LogP contribution in [0.3, 0.4) is 0 Å². The van der Waals surface area contributed by atoms with Gasteiger partial charge in [-0.05, 0) is 26.0 Å². The zero-order chi connectivity index (χ0) is 19.7. The molecule has 136 valence electrons. The highest BCUT2D eigenvalue weighted by atomic mass is 16.2. The Hall–Kier alpha value is -3.40. The van der Waals surface area contributed by atoms with Gasteiger partial charge in [0.1, 0.15) is 5.82 Å². The van der Waals surface area contributed by atoms with Crippen LogP contribution in [0.15, 0.2) is 47.8 Å². The molecule has 1 aliphatic rings. The predicted molar refractivity (Wildman–Crippen MR) is 103 cm³/mol. The Bertz CT molecular complexity index is 789. The van der Waals surface area contributed by atoms with E-state index in [0.29, 0.717) is 18.1 Å². The lowest BCUT2D eigenvalue weighted by Crippen LogP contribution is -2.35. The van der Waals surface area contributed by atoms with Gasteiger partial charge < -0.3 is 10.2 Å². The maximum atomic E-state index is 11.8. The highest BCUT2D eigenvalue weighted by Gasteiger charge is 2.22. The molecule has 2 amide bonds. The first kappa shape index (κ1) is 20.6. The van der Waals surface area contributed by atoms with Gasteiger partial charge in [-0.3, -0.25) is 9.59 Å². The summed E-state index contributed by atoms with van der Waals surface area (Å²) in [5, 5.41) is 15.7. The molecule has 0 fully saturated rings. The number of benzene rings is 1. The Morgan fingerprint density at radius 3 is 2.69 bits per heavy atom. The highest BCUT2D eigenvalue weighted by Crippen LogP contribution is 2.28. The van der Waals surface area contributed by atoms with Crippen LogP contribution in [-0.2, 0) is 9.59 Å². The monoisotopic (exact) mass is 353 g/mol. The van der Waals surface area contributed by atoms with Crippen LogP contribution in [0, 0.1) is 11.3 Å². The number of nitrogens with one attached hydrogen (secondary N) is 1. The van der Waals surface area contributed by atoms with E-state index in [2.05, 4.69) is 17.0 Å². The summed E-state index contributed by atoms with van der Waals surface area (Å²) in [7, 11) is 0. The fourth-order valence-corrected chi connectivity index (χ4v) is 2.44. The lowest BCUT2D eigenvalue weighted by Gasteiger charge is -2.28. The van der Waals surface area contributed by atoms with Gasteiger partial charge in [0.05, 0.1) is 11.8 Å². The molecule has 1 N–H and O–H groups in total. The molecule has 0 radical (unpaired) electrons. The zero-order valence-electron chi connectivity index (χ0n) is 15.5. The van der Waals surface area contributed by atoms with Crippen LogP contribution >= 0.6 is 0 Å². The number of hydrogen-bond acceptors (Lipinski definition) is 5. The number of nitriles is 1. The smallest absolute Gasteiger partial charge is 0.251 e. The summed E-state index contributed by atoms with van der Waals surface area (Å²) in [6.07, 6.45) is 3.08. The molecule has 7 nitrogen and oxygen atoms in total. The first-order chi connectivity index (χ1) is 12.4. The standard InChI is InChI=1S/C17H20N4O2.C2H3N/c1-5-18-21-12(3)19-17(23)11-16(21)14-8-7-9-15(10-14)20(6-2)13(4)22;1-2-3/h5,7-11H,3,6H2,1-2,4H3,(H,19,23);1H3/b18-5-;. The van der Waals surface area contributed by atoms with Gasteiger partial charge in [-0.25, -0.2) is 5.01 Å². The third-order valence-corrected chi connectivity index (χ3v) is 3.40. The minimum absolute atomic E-state index is 0.0344. The van der Waals surface area contributed by atoms with Crippen molar-refractivity contribution in [1.82, 2.24) is 10.3 Å². The van der Waals surface area contributed by atoms with Crippen LogP contribution < -0.4 is 10.2 Å². The molecule has 0 aliphatic carbocycles. The van der Waals surface area contributed by atoms with Crippen molar-refractivity contribution in [2.75, 3.05) is 11.4 Å². The number of hydrazone groups is 1. The number of hydrogen-bond donors (Lipinski definition) is 1. The summed E-state index contributed by atoms with van der Waals surface area (Å²) in [5.74, 6) is 0.0969. The van der Waals surface area contributed by atoms with Crippen LogP contribution in [0.4, 0.5) is 5.69 Å². The summed E-state index contributed by atoms with van der Waals surface area (Å²) in [6, 6.07) is 9.19. The van der Waals surface area contributed by atoms with Crippen molar-refractivity contribution in [3.05, 3.63) is 48.3 Å². The second-order valence-corrected chi connectivity index (χ2v) is 5.19. The van der Waals surface area contributed by atoms with Gasteiger partial charge in [-0.2, -0.15) is 10.4 Å². The molecule has 1 aromatic rings. The first-order valence-corrected chi connectivity index (χ1v) is 8.09. The van der Waals surface area contributed by atoms with Crippen molar-refractivity contribution >= 4 is 29.4 Å². The zero-order valence-corrected chi connectivity index (χ0v) is 15.5. The molecule has 0 unspecified atom stereocenters. The SMILES string of the molecule is C=C1NC(=O)C=C(c2cccc(N(CC)C(C)=O)c2)N1/N=C\C.CC#N. The Morgan fingerprint density at radius 1 is 1.50 bits per heavy atom. The number of carbonyl (C=O) groups excluding carboxylic acids is 2. The first-order valence-electron chi connectivity index (χ1n) is 8.09. The summed E-state index contributed by atoms with van der Waals surface area (Å²) in [4.78, 5) is 25.2. The Kier molecular flexibility index (Phi) is 7.77. The summed E-state index contributed by atoms with van der Waals surface area (Å²) >= 11 is 0. The number of carbonyl (C=O) groups is 2. The summed E-state index contributed by atoms with van der Waals surface area (Å²) in [5.41, 5.74) is 2.16. The van der Waals surface area contributed by atoms with Gasteiger partial charge in [-0.15, -0.1) is 0 Å². The normalized spacial score (nSPS) is 13.3. The van der Waals surface area contributed by atoms with E-state index in [9.17, 15) is 9.59 Å². The van der Waals surface area contributed by atoms with Crippen molar-refractivity contribution in [2.45, 2.75) is 27.7 Å². The fraction of sp³-hybridized carbons (Fsp3) is 0.263. The average molecular weight is 353 g/mol. The van der Waals surface area contributed by atoms with E-state index in [1.807, 2.05) is 31.2 Å².